The number of rotatable bonds is 4. The topological polar surface area (TPSA) is 21.3 Å². The minimum Gasteiger partial charge on any atom is -0.373 e. The smallest absolute Gasteiger partial charge is 0.0740 e. The monoisotopic (exact) mass is 197 g/mol. The molecule has 14 heavy (non-hydrogen) atoms. The van der Waals surface area contributed by atoms with Gasteiger partial charge in [-0.2, -0.15) is 0 Å². The lowest BCUT2D eigenvalue weighted by Crippen LogP contribution is -2.36. The molecule has 0 aliphatic carbocycles. The van der Waals surface area contributed by atoms with E-state index in [1.807, 2.05) is 0 Å². The molecule has 0 aromatic heterocycles. The zero-order valence-electron chi connectivity index (χ0n) is 9.68. The van der Waals surface area contributed by atoms with Gasteiger partial charge in [-0.25, -0.2) is 0 Å². The third kappa shape index (κ3) is 4.25. The van der Waals surface area contributed by atoms with E-state index in [1.54, 1.807) is 0 Å². The molecule has 1 saturated heterocycles. The van der Waals surface area contributed by atoms with Gasteiger partial charge in [0, 0.05) is 6.54 Å². The molecular weight excluding hydrogens is 174 g/mol. The first kappa shape index (κ1) is 11.7. The zero-order valence-corrected chi connectivity index (χ0v) is 9.68. The highest BCUT2D eigenvalue weighted by molar-refractivity contribution is 5.01. The van der Waals surface area contributed by atoms with Crippen molar-refractivity contribution in [2.75, 3.05) is 13.1 Å². The van der Waals surface area contributed by atoms with Crippen molar-refractivity contribution in [3.63, 3.8) is 0 Å². The fourth-order valence-electron chi connectivity index (χ4n) is 1.89. The molecule has 2 atom stereocenters. The Morgan fingerprint density at radius 2 is 2.21 bits per heavy atom. The molecule has 1 fully saturated rings. The second kappa shape index (κ2) is 5.52. The summed E-state index contributed by atoms with van der Waals surface area (Å²) in [6, 6.07) is 0. The van der Waals surface area contributed by atoms with Crippen LogP contribution in [0.3, 0.4) is 0 Å². The summed E-state index contributed by atoms with van der Waals surface area (Å²) in [4.78, 5) is 0. The molecule has 1 aliphatic rings. The van der Waals surface area contributed by atoms with E-state index < -0.39 is 0 Å². The summed E-state index contributed by atoms with van der Waals surface area (Å²) in [5, 5.41) is 3.43. The molecule has 0 unspecified atom stereocenters. The van der Waals surface area contributed by atoms with Crippen LogP contribution in [-0.2, 0) is 4.74 Å². The molecule has 0 aromatic rings. The van der Waals surface area contributed by atoms with Crippen LogP contribution in [0.2, 0.25) is 0 Å². The van der Waals surface area contributed by atoms with Gasteiger partial charge in [-0.15, -0.1) is 0 Å². The average molecular weight is 197 g/mol. The first-order valence-corrected chi connectivity index (χ1v) is 5.60. The highest BCUT2D eigenvalue weighted by Crippen LogP contribution is 2.22. The molecule has 0 radical (unpaired) electrons. The van der Waals surface area contributed by atoms with Gasteiger partial charge in [-0.1, -0.05) is 26.0 Å². The van der Waals surface area contributed by atoms with Crippen LogP contribution in [0.15, 0.2) is 12.2 Å². The van der Waals surface area contributed by atoms with Gasteiger partial charge < -0.3 is 10.1 Å². The quantitative estimate of drug-likeness (QED) is 0.699. The fourth-order valence-corrected chi connectivity index (χ4v) is 1.89. The molecule has 0 amide bonds. The first-order valence-electron chi connectivity index (χ1n) is 5.60. The van der Waals surface area contributed by atoms with E-state index in [9.17, 15) is 0 Å². The van der Waals surface area contributed by atoms with E-state index in [0.717, 1.165) is 25.9 Å². The van der Waals surface area contributed by atoms with Gasteiger partial charge in [-0.3, -0.25) is 0 Å². The number of hydrogen-bond donors (Lipinski definition) is 1. The summed E-state index contributed by atoms with van der Waals surface area (Å²) in [6.45, 7) is 12.6. The molecule has 0 bridgehead atoms. The van der Waals surface area contributed by atoms with Crippen molar-refractivity contribution in [2.24, 2.45) is 5.92 Å². The van der Waals surface area contributed by atoms with Crippen LogP contribution < -0.4 is 5.32 Å². The number of hydrogen-bond acceptors (Lipinski definition) is 2. The van der Waals surface area contributed by atoms with Gasteiger partial charge in [0.15, 0.2) is 0 Å². The van der Waals surface area contributed by atoms with Crippen molar-refractivity contribution in [2.45, 2.75) is 45.8 Å². The second-order valence-electron chi connectivity index (χ2n) is 4.78. The van der Waals surface area contributed by atoms with Crippen LogP contribution >= 0.6 is 0 Å². The highest BCUT2D eigenvalue weighted by atomic mass is 16.5. The average Bonchev–Trinajstić information content (AvgIpc) is 2.01. The van der Waals surface area contributed by atoms with E-state index in [2.05, 4.69) is 32.7 Å². The molecule has 1 N–H and O–H groups in total. The molecule has 1 aliphatic heterocycles. The van der Waals surface area contributed by atoms with Gasteiger partial charge >= 0.3 is 0 Å². The predicted octanol–water partition coefficient (Wildman–Crippen LogP) is 2.36. The Hall–Kier alpha value is -0.340. The molecule has 82 valence electrons. The first-order chi connectivity index (χ1) is 6.58. The summed E-state index contributed by atoms with van der Waals surface area (Å²) in [7, 11) is 0. The lowest BCUT2D eigenvalue weighted by atomic mass is 10.00. The summed E-state index contributed by atoms with van der Waals surface area (Å²) in [6.07, 6.45) is 2.74. The van der Waals surface area contributed by atoms with E-state index in [1.165, 1.54) is 5.57 Å². The molecule has 2 nitrogen and oxygen atoms in total. The van der Waals surface area contributed by atoms with E-state index in [-0.39, 0.29) is 0 Å². The molecule has 2 heteroatoms. The molecule has 0 saturated carbocycles. The Balaban J connectivity index is 2.20. The third-order valence-corrected chi connectivity index (χ3v) is 2.44. The predicted molar refractivity (Wildman–Crippen MR) is 60.4 cm³/mol. The van der Waals surface area contributed by atoms with Gasteiger partial charge in [-0.05, 0) is 32.2 Å². The Bertz CT molecular complexity index is 189. The summed E-state index contributed by atoms with van der Waals surface area (Å²) < 4.78 is 5.82. The van der Waals surface area contributed by atoms with Gasteiger partial charge in [0.2, 0.25) is 0 Å². The van der Waals surface area contributed by atoms with Gasteiger partial charge in [0.05, 0.1) is 12.2 Å². The second-order valence-corrected chi connectivity index (χ2v) is 4.78. The van der Waals surface area contributed by atoms with Crippen molar-refractivity contribution >= 4 is 0 Å². The third-order valence-electron chi connectivity index (χ3n) is 2.44. The maximum Gasteiger partial charge on any atom is 0.0740 e. The molecule has 1 heterocycles. The van der Waals surface area contributed by atoms with Crippen LogP contribution in [0.25, 0.3) is 0 Å². The normalized spacial score (nSPS) is 28.4. The van der Waals surface area contributed by atoms with Crippen LogP contribution in [0, 0.1) is 5.92 Å². The Kier molecular flexibility index (Phi) is 4.63. The molecule has 1 rings (SSSR count). The highest BCUT2D eigenvalue weighted by Gasteiger charge is 2.20. The van der Waals surface area contributed by atoms with Crippen molar-refractivity contribution in [3.05, 3.63) is 12.2 Å². The zero-order chi connectivity index (χ0) is 10.6. The standard InChI is InChI=1S/C12H23NO/c1-9(2)7-13-8-12-6-10(3)5-11(4)14-12/h9,11-13H,3,5-8H2,1-2,4H3/t11-,12-/m1/s1. The lowest BCUT2D eigenvalue weighted by Gasteiger charge is -2.29. The van der Waals surface area contributed by atoms with Gasteiger partial charge in [0.1, 0.15) is 0 Å². The van der Waals surface area contributed by atoms with Crippen molar-refractivity contribution in [1.82, 2.24) is 5.32 Å². The van der Waals surface area contributed by atoms with Crippen molar-refractivity contribution in [3.8, 4) is 0 Å². The molecular formula is C12H23NO. The van der Waals surface area contributed by atoms with Crippen molar-refractivity contribution in [1.29, 1.82) is 0 Å². The van der Waals surface area contributed by atoms with Crippen LogP contribution in [0.5, 0.6) is 0 Å². The minimum absolute atomic E-state index is 0.338. The molecule has 0 spiro atoms. The van der Waals surface area contributed by atoms with E-state index in [4.69, 9.17) is 4.74 Å². The largest absolute Gasteiger partial charge is 0.373 e. The number of ether oxygens (including phenoxy) is 1. The minimum atomic E-state index is 0.338. The van der Waals surface area contributed by atoms with Crippen LogP contribution in [0.4, 0.5) is 0 Å². The summed E-state index contributed by atoms with van der Waals surface area (Å²) in [5.41, 5.74) is 1.33. The Morgan fingerprint density at radius 3 is 2.79 bits per heavy atom. The maximum atomic E-state index is 5.82. The van der Waals surface area contributed by atoms with Crippen LogP contribution in [-0.4, -0.2) is 25.3 Å². The van der Waals surface area contributed by atoms with E-state index in [0.29, 0.717) is 18.1 Å². The summed E-state index contributed by atoms with van der Waals surface area (Å²) in [5.74, 6) is 0.708. The lowest BCUT2D eigenvalue weighted by molar-refractivity contribution is -0.0197. The summed E-state index contributed by atoms with van der Waals surface area (Å²) >= 11 is 0. The Morgan fingerprint density at radius 1 is 1.50 bits per heavy atom. The SMILES string of the molecule is C=C1C[C@H](CNCC(C)C)O[C@H](C)C1. The van der Waals surface area contributed by atoms with Crippen LogP contribution in [0.1, 0.15) is 33.6 Å². The number of nitrogens with one attached hydrogen (secondary N) is 1. The van der Waals surface area contributed by atoms with Crippen molar-refractivity contribution < 1.29 is 4.74 Å². The fraction of sp³-hybridized carbons (Fsp3) is 0.833. The molecule has 0 aromatic carbocycles. The van der Waals surface area contributed by atoms with Gasteiger partial charge in [0.25, 0.3) is 0 Å². The van der Waals surface area contributed by atoms with E-state index >= 15 is 0 Å². The Labute approximate surface area is 87.7 Å². The maximum absolute atomic E-state index is 5.82.